The predicted molar refractivity (Wildman–Crippen MR) is 73.0 cm³/mol. The summed E-state index contributed by atoms with van der Waals surface area (Å²) >= 11 is 0. The summed E-state index contributed by atoms with van der Waals surface area (Å²) in [6.07, 6.45) is 1.89. The number of hydrogen-bond acceptors (Lipinski definition) is 5. The number of carbonyl (C=O) groups is 1. The van der Waals surface area contributed by atoms with E-state index in [1.54, 1.807) is 4.90 Å². The Morgan fingerprint density at radius 1 is 1.20 bits per heavy atom. The van der Waals surface area contributed by atoms with Crippen molar-refractivity contribution in [2.75, 3.05) is 18.8 Å². The van der Waals surface area contributed by atoms with Crippen LogP contribution in [0.25, 0.3) is 0 Å². The molecule has 1 aromatic heterocycles. The van der Waals surface area contributed by atoms with Gasteiger partial charge in [0.05, 0.1) is 0 Å². The number of aromatic nitrogens is 2. The van der Waals surface area contributed by atoms with Gasteiger partial charge in [0.25, 0.3) is 5.91 Å². The van der Waals surface area contributed by atoms with E-state index in [1.807, 2.05) is 6.07 Å². The number of anilines is 1. The van der Waals surface area contributed by atoms with Gasteiger partial charge in [-0.05, 0) is 34.6 Å². The number of nitrogens with zero attached hydrogens (tertiary/aromatic N) is 3. The molecule has 2 N–H and O–H groups in total. The molecule has 1 saturated heterocycles. The molecule has 104 valence electrons. The Balaban J connectivity index is 1.64. The van der Waals surface area contributed by atoms with Crippen molar-refractivity contribution in [3.05, 3.63) is 41.6 Å². The number of rotatable bonds is 2. The van der Waals surface area contributed by atoms with Crippen LogP contribution < -0.4 is 5.73 Å². The lowest BCUT2D eigenvalue weighted by atomic mass is 9.89. The molecule has 20 heavy (non-hydrogen) atoms. The third-order valence-electron chi connectivity index (χ3n) is 3.77. The Bertz CT molecular complexity index is 588. The van der Waals surface area contributed by atoms with Crippen molar-refractivity contribution in [3.8, 4) is 0 Å². The minimum Gasteiger partial charge on any atom is -0.379 e. The van der Waals surface area contributed by atoms with Gasteiger partial charge in [0.15, 0.2) is 0 Å². The van der Waals surface area contributed by atoms with Gasteiger partial charge in [-0.25, -0.2) is 4.63 Å². The van der Waals surface area contributed by atoms with Gasteiger partial charge in [-0.2, -0.15) is 0 Å². The molecule has 0 radical (unpaired) electrons. The van der Waals surface area contributed by atoms with E-state index >= 15 is 0 Å². The van der Waals surface area contributed by atoms with E-state index in [4.69, 9.17) is 5.73 Å². The van der Waals surface area contributed by atoms with Crippen molar-refractivity contribution in [2.45, 2.75) is 18.8 Å². The number of nitrogens with two attached hydrogens (primary N) is 1. The standard InChI is InChI=1S/C14H16N4O2/c15-13-12(16-20-17-13)14(19)18-8-6-11(7-9-18)10-4-2-1-3-5-10/h1-5,11H,6-9H2,(H2,15,17). The molecule has 6 heteroatoms. The van der Waals surface area contributed by atoms with Crippen LogP contribution in [0.15, 0.2) is 35.0 Å². The van der Waals surface area contributed by atoms with Crippen molar-refractivity contribution in [2.24, 2.45) is 0 Å². The molecule has 0 atom stereocenters. The van der Waals surface area contributed by atoms with Crippen LogP contribution in [0, 0.1) is 0 Å². The fourth-order valence-corrected chi connectivity index (χ4v) is 2.63. The average Bonchev–Trinajstić information content (AvgIpc) is 2.94. The molecule has 0 saturated carbocycles. The second kappa shape index (κ2) is 5.32. The van der Waals surface area contributed by atoms with E-state index in [0.29, 0.717) is 19.0 Å². The highest BCUT2D eigenvalue weighted by atomic mass is 16.6. The van der Waals surface area contributed by atoms with E-state index in [9.17, 15) is 4.79 Å². The zero-order valence-electron chi connectivity index (χ0n) is 11.0. The smallest absolute Gasteiger partial charge is 0.280 e. The molecule has 2 heterocycles. The Hall–Kier alpha value is -2.37. The van der Waals surface area contributed by atoms with Crippen molar-refractivity contribution >= 4 is 11.7 Å². The van der Waals surface area contributed by atoms with Crippen LogP contribution >= 0.6 is 0 Å². The highest BCUT2D eigenvalue weighted by Crippen LogP contribution is 2.28. The fourth-order valence-electron chi connectivity index (χ4n) is 2.63. The highest BCUT2D eigenvalue weighted by molar-refractivity contribution is 5.96. The molecule has 6 nitrogen and oxygen atoms in total. The van der Waals surface area contributed by atoms with Crippen LogP contribution in [0.1, 0.15) is 34.8 Å². The van der Waals surface area contributed by atoms with Crippen molar-refractivity contribution < 1.29 is 9.42 Å². The molecule has 1 aromatic carbocycles. The van der Waals surface area contributed by atoms with E-state index in [2.05, 4.69) is 39.2 Å². The quantitative estimate of drug-likeness (QED) is 0.898. The van der Waals surface area contributed by atoms with Crippen molar-refractivity contribution in [1.82, 2.24) is 15.2 Å². The highest BCUT2D eigenvalue weighted by Gasteiger charge is 2.27. The third-order valence-corrected chi connectivity index (χ3v) is 3.77. The van der Waals surface area contributed by atoms with Gasteiger partial charge in [0.2, 0.25) is 11.5 Å². The molecule has 0 aliphatic carbocycles. The average molecular weight is 272 g/mol. The van der Waals surface area contributed by atoms with Crippen LogP contribution in [-0.2, 0) is 0 Å². The molecule has 2 aromatic rings. The van der Waals surface area contributed by atoms with Crippen LogP contribution in [-0.4, -0.2) is 34.2 Å². The van der Waals surface area contributed by atoms with Gasteiger partial charge in [-0.15, -0.1) is 0 Å². The Morgan fingerprint density at radius 2 is 1.90 bits per heavy atom. The van der Waals surface area contributed by atoms with Crippen LogP contribution in [0.5, 0.6) is 0 Å². The predicted octanol–water partition coefficient (Wildman–Crippen LogP) is 1.67. The minimum absolute atomic E-state index is 0.0557. The van der Waals surface area contributed by atoms with Gasteiger partial charge in [-0.3, -0.25) is 4.79 Å². The maximum Gasteiger partial charge on any atom is 0.280 e. The summed E-state index contributed by atoms with van der Waals surface area (Å²) in [6.45, 7) is 1.40. The number of benzene rings is 1. The molecular weight excluding hydrogens is 256 g/mol. The van der Waals surface area contributed by atoms with Gasteiger partial charge in [0, 0.05) is 13.1 Å². The molecule has 1 fully saturated rings. The summed E-state index contributed by atoms with van der Waals surface area (Å²) in [6, 6.07) is 10.4. The van der Waals surface area contributed by atoms with Gasteiger partial charge >= 0.3 is 0 Å². The third kappa shape index (κ3) is 2.36. The summed E-state index contributed by atoms with van der Waals surface area (Å²) in [4.78, 5) is 14.0. The van der Waals surface area contributed by atoms with Crippen LogP contribution in [0.3, 0.4) is 0 Å². The second-order valence-electron chi connectivity index (χ2n) is 4.98. The number of piperidine rings is 1. The molecule has 0 bridgehead atoms. The first-order chi connectivity index (χ1) is 9.75. The van der Waals surface area contributed by atoms with E-state index in [-0.39, 0.29) is 17.4 Å². The topological polar surface area (TPSA) is 85.2 Å². The van der Waals surface area contributed by atoms with E-state index in [1.165, 1.54) is 5.56 Å². The number of amides is 1. The lowest BCUT2D eigenvalue weighted by Gasteiger charge is -2.31. The number of nitrogen functional groups attached to an aromatic ring is 1. The van der Waals surface area contributed by atoms with E-state index in [0.717, 1.165) is 12.8 Å². The number of likely N-dealkylation sites (tertiary alicyclic amines) is 1. The summed E-state index contributed by atoms with van der Waals surface area (Å²) < 4.78 is 4.48. The Labute approximate surface area is 116 Å². The normalized spacial score (nSPS) is 16.3. The largest absolute Gasteiger partial charge is 0.379 e. The maximum absolute atomic E-state index is 12.2. The molecule has 1 aliphatic heterocycles. The maximum atomic E-state index is 12.2. The van der Waals surface area contributed by atoms with Crippen molar-refractivity contribution in [3.63, 3.8) is 0 Å². The summed E-state index contributed by atoms with van der Waals surface area (Å²) in [5.74, 6) is 0.364. The zero-order chi connectivity index (χ0) is 13.9. The SMILES string of the molecule is Nc1nonc1C(=O)N1CCC(c2ccccc2)CC1. The van der Waals surface area contributed by atoms with Crippen LogP contribution in [0.4, 0.5) is 5.82 Å². The lowest BCUT2D eigenvalue weighted by Crippen LogP contribution is -2.38. The van der Waals surface area contributed by atoms with Gasteiger partial charge in [0.1, 0.15) is 0 Å². The number of hydrogen-bond donors (Lipinski definition) is 1. The van der Waals surface area contributed by atoms with Gasteiger partial charge in [-0.1, -0.05) is 30.3 Å². The summed E-state index contributed by atoms with van der Waals surface area (Å²) in [5, 5.41) is 7.01. The first-order valence-corrected chi connectivity index (χ1v) is 6.68. The van der Waals surface area contributed by atoms with Gasteiger partial charge < -0.3 is 10.6 Å². The molecule has 1 amide bonds. The Morgan fingerprint density at radius 3 is 2.50 bits per heavy atom. The van der Waals surface area contributed by atoms with E-state index < -0.39 is 0 Å². The molecule has 1 aliphatic rings. The van der Waals surface area contributed by atoms with Crippen molar-refractivity contribution in [1.29, 1.82) is 0 Å². The zero-order valence-corrected chi connectivity index (χ0v) is 11.0. The number of carbonyl (C=O) groups excluding carboxylic acids is 1. The second-order valence-corrected chi connectivity index (χ2v) is 4.98. The molecular formula is C14H16N4O2. The summed E-state index contributed by atoms with van der Waals surface area (Å²) in [7, 11) is 0. The first kappa shape index (κ1) is 12.7. The first-order valence-electron chi connectivity index (χ1n) is 6.68. The fraction of sp³-hybridized carbons (Fsp3) is 0.357. The molecule has 3 rings (SSSR count). The molecule has 0 spiro atoms. The monoisotopic (exact) mass is 272 g/mol. The van der Waals surface area contributed by atoms with Crippen LogP contribution in [0.2, 0.25) is 0 Å². The minimum atomic E-state index is -0.199. The Kier molecular flexibility index (Phi) is 3.37. The molecule has 0 unspecified atom stereocenters. The lowest BCUT2D eigenvalue weighted by molar-refractivity contribution is 0.0702. The summed E-state index contributed by atoms with van der Waals surface area (Å²) in [5.41, 5.74) is 7.00.